The minimum absolute atomic E-state index is 0.00532. The Morgan fingerprint density at radius 2 is 1.77 bits per heavy atom. The average molecular weight is 467 g/mol. The predicted octanol–water partition coefficient (Wildman–Crippen LogP) is 3.36. The summed E-state index contributed by atoms with van der Waals surface area (Å²) in [6.07, 6.45) is 0. The lowest BCUT2D eigenvalue weighted by molar-refractivity contribution is -0.447. The molecule has 3 rings (SSSR count). The van der Waals surface area contributed by atoms with Crippen molar-refractivity contribution in [1.82, 2.24) is 0 Å². The van der Waals surface area contributed by atoms with Crippen molar-refractivity contribution in [3.63, 3.8) is 0 Å². The third kappa shape index (κ3) is 5.07. The highest BCUT2D eigenvalue weighted by molar-refractivity contribution is 7.94. The number of rotatable bonds is 8. The highest BCUT2D eigenvalue weighted by Gasteiger charge is 2.20. The number of carbonyl (C=O) groups is 1. The first kappa shape index (κ1) is 22.8. The van der Waals surface area contributed by atoms with Crippen molar-refractivity contribution in [2.24, 2.45) is 0 Å². The number of hydrogen-bond donors (Lipinski definition) is 3. The molecule has 0 aliphatic heterocycles. The van der Waals surface area contributed by atoms with Crippen LogP contribution in [0.4, 0.5) is 5.69 Å². The molecule has 0 atom stereocenters. The van der Waals surface area contributed by atoms with E-state index in [-0.39, 0.29) is 32.7 Å². The Morgan fingerprint density at radius 3 is 2.45 bits per heavy atom. The molecule has 0 radical (unpaired) electrons. The number of carbonyl (C=O) groups excluding carboxylic acids is 1. The number of anilines is 1. The van der Waals surface area contributed by atoms with Gasteiger partial charge < -0.3 is 15.5 Å². The highest BCUT2D eigenvalue weighted by atomic mass is 32.2. The van der Waals surface area contributed by atoms with Crippen LogP contribution in [0.25, 0.3) is 10.8 Å². The zero-order valence-electron chi connectivity index (χ0n) is 16.2. The molecule has 0 saturated heterocycles. The quantitative estimate of drug-likeness (QED) is 0.148. The van der Waals surface area contributed by atoms with E-state index in [1.54, 1.807) is 12.1 Å². The fraction of sp³-hybridized carbons (Fsp3) is 0.105. The maximum atomic E-state index is 12.7. The van der Waals surface area contributed by atoms with Gasteiger partial charge in [-0.3, -0.25) is 8.98 Å². The van der Waals surface area contributed by atoms with E-state index in [2.05, 4.69) is 19.4 Å². The first-order valence-electron chi connectivity index (χ1n) is 8.51. The summed E-state index contributed by atoms with van der Waals surface area (Å²) in [6, 6.07) is 11.2. The molecule has 0 unspecified atom stereocenters. The lowest BCUT2D eigenvalue weighted by Gasteiger charge is -2.14. The molecule has 12 heteroatoms. The standard InChI is InChI=1S/C19H17NO9S2/c1-26-28-29-30-12-7-11-8-13(31(24,25)27-2)10-17(22)18(11)15(9-12)20-19(23)14-5-3-4-6-16(14)21/h3-10,21-22H,1-2H3,(H,20,23). The van der Waals surface area contributed by atoms with Gasteiger partial charge in [-0.2, -0.15) is 8.42 Å². The smallest absolute Gasteiger partial charge is 0.296 e. The summed E-state index contributed by atoms with van der Waals surface area (Å²) in [4.78, 5) is 17.1. The first-order chi connectivity index (χ1) is 14.8. The molecular weight excluding hydrogens is 450 g/mol. The van der Waals surface area contributed by atoms with Gasteiger partial charge in [0.2, 0.25) is 0 Å². The van der Waals surface area contributed by atoms with Crippen LogP contribution >= 0.6 is 12.0 Å². The zero-order chi connectivity index (χ0) is 22.6. The van der Waals surface area contributed by atoms with E-state index in [0.717, 1.165) is 13.2 Å². The normalized spacial score (nSPS) is 11.5. The van der Waals surface area contributed by atoms with Gasteiger partial charge in [0.25, 0.3) is 16.0 Å². The molecule has 0 aliphatic rings. The predicted molar refractivity (Wildman–Crippen MR) is 111 cm³/mol. The summed E-state index contributed by atoms with van der Waals surface area (Å²) in [7, 11) is -1.86. The third-order valence-corrected chi connectivity index (χ3v) is 5.91. The molecule has 3 N–H and O–H groups in total. The third-order valence-electron chi connectivity index (χ3n) is 4.11. The molecular formula is C19H17NO9S2. The average Bonchev–Trinajstić information content (AvgIpc) is 2.73. The number of fused-ring (bicyclic) bond motifs is 1. The second-order valence-corrected chi connectivity index (χ2v) is 8.48. The molecule has 0 heterocycles. The van der Waals surface area contributed by atoms with Crippen LogP contribution in [0.2, 0.25) is 0 Å². The van der Waals surface area contributed by atoms with Crippen LogP contribution in [-0.2, 0) is 28.6 Å². The maximum absolute atomic E-state index is 12.7. The Morgan fingerprint density at radius 1 is 1.03 bits per heavy atom. The molecule has 31 heavy (non-hydrogen) atoms. The minimum Gasteiger partial charge on any atom is -0.507 e. The van der Waals surface area contributed by atoms with Gasteiger partial charge in [-0.1, -0.05) is 17.2 Å². The first-order valence-corrected chi connectivity index (χ1v) is 10.7. The van der Waals surface area contributed by atoms with E-state index in [4.69, 9.17) is 4.33 Å². The van der Waals surface area contributed by atoms with Crippen LogP contribution in [-0.4, -0.2) is 38.8 Å². The van der Waals surface area contributed by atoms with Gasteiger partial charge in [0.05, 0.1) is 42.4 Å². The summed E-state index contributed by atoms with van der Waals surface area (Å²) in [5.41, 5.74) is 0.138. The molecule has 0 aromatic heterocycles. The summed E-state index contributed by atoms with van der Waals surface area (Å²) < 4.78 is 33.4. The van der Waals surface area contributed by atoms with Crippen LogP contribution in [0.3, 0.4) is 0 Å². The Bertz CT molecular complexity index is 1230. The molecule has 0 saturated carbocycles. The number of phenolic OH excluding ortho intramolecular Hbond substituents is 2. The van der Waals surface area contributed by atoms with E-state index < -0.39 is 21.8 Å². The van der Waals surface area contributed by atoms with Crippen molar-refractivity contribution in [3.8, 4) is 11.5 Å². The van der Waals surface area contributed by atoms with E-state index in [9.17, 15) is 23.4 Å². The summed E-state index contributed by atoms with van der Waals surface area (Å²) in [6.45, 7) is 0. The second kappa shape index (κ2) is 9.51. The molecule has 10 nitrogen and oxygen atoms in total. The lowest BCUT2D eigenvalue weighted by atomic mass is 10.1. The van der Waals surface area contributed by atoms with Crippen LogP contribution in [0, 0.1) is 0 Å². The van der Waals surface area contributed by atoms with Crippen molar-refractivity contribution in [3.05, 3.63) is 54.1 Å². The number of phenols is 2. The van der Waals surface area contributed by atoms with Gasteiger partial charge in [-0.25, -0.2) is 4.89 Å². The second-order valence-electron chi connectivity index (χ2n) is 5.99. The van der Waals surface area contributed by atoms with Crippen molar-refractivity contribution < 1.29 is 41.9 Å². The largest absolute Gasteiger partial charge is 0.507 e. The number of hydrogen-bond acceptors (Lipinski definition) is 10. The van der Waals surface area contributed by atoms with Gasteiger partial charge >= 0.3 is 0 Å². The van der Waals surface area contributed by atoms with Crippen LogP contribution in [0.5, 0.6) is 11.5 Å². The molecule has 3 aromatic rings. The Hall–Kier alpha value is -2.87. The van der Waals surface area contributed by atoms with Crippen LogP contribution in [0.15, 0.2) is 58.3 Å². The topological polar surface area (TPSA) is 141 Å². The van der Waals surface area contributed by atoms with Gasteiger partial charge in [0.1, 0.15) is 11.5 Å². The van der Waals surface area contributed by atoms with E-state index >= 15 is 0 Å². The SMILES string of the molecule is COOOSc1cc(NC(=O)c2ccccc2O)c2c(O)cc(S(=O)(=O)OC)cc2c1. The summed E-state index contributed by atoms with van der Waals surface area (Å²) in [5, 5.41) is 27.8. The van der Waals surface area contributed by atoms with Crippen molar-refractivity contribution in [2.75, 3.05) is 19.5 Å². The number of amides is 1. The van der Waals surface area contributed by atoms with E-state index in [1.165, 1.54) is 37.4 Å². The number of benzene rings is 3. The Kier molecular flexibility index (Phi) is 7.00. The fourth-order valence-corrected chi connectivity index (χ4v) is 3.98. The van der Waals surface area contributed by atoms with Crippen molar-refractivity contribution in [2.45, 2.75) is 9.79 Å². The van der Waals surface area contributed by atoms with Crippen molar-refractivity contribution >= 4 is 44.5 Å². The van der Waals surface area contributed by atoms with Gasteiger partial charge in [-0.05, 0) is 35.7 Å². The van der Waals surface area contributed by atoms with Gasteiger partial charge in [0.15, 0.2) is 0 Å². The lowest BCUT2D eigenvalue weighted by Crippen LogP contribution is -2.12. The number of nitrogens with one attached hydrogen (secondary N) is 1. The molecule has 0 aliphatic carbocycles. The summed E-state index contributed by atoms with van der Waals surface area (Å²) >= 11 is 0.715. The Labute approximate surface area is 181 Å². The molecule has 0 bridgehead atoms. The molecule has 0 spiro atoms. The van der Waals surface area contributed by atoms with Crippen molar-refractivity contribution in [1.29, 1.82) is 0 Å². The number of para-hydroxylation sites is 1. The van der Waals surface area contributed by atoms with E-state index in [1.807, 2.05) is 0 Å². The fourth-order valence-electron chi connectivity index (χ4n) is 2.76. The van der Waals surface area contributed by atoms with Crippen LogP contribution < -0.4 is 5.32 Å². The number of aromatic hydroxyl groups is 2. The van der Waals surface area contributed by atoms with Gasteiger partial charge in [-0.15, -0.1) is 4.33 Å². The minimum atomic E-state index is -4.09. The molecule has 1 amide bonds. The molecule has 0 fully saturated rings. The van der Waals surface area contributed by atoms with Gasteiger partial charge in [0, 0.05) is 16.3 Å². The monoisotopic (exact) mass is 467 g/mol. The van der Waals surface area contributed by atoms with Crippen LogP contribution in [0.1, 0.15) is 10.4 Å². The zero-order valence-corrected chi connectivity index (χ0v) is 17.8. The maximum Gasteiger partial charge on any atom is 0.296 e. The highest BCUT2D eigenvalue weighted by Crippen LogP contribution is 2.38. The molecule has 164 valence electrons. The Balaban J connectivity index is 2.13. The van der Waals surface area contributed by atoms with E-state index in [0.29, 0.717) is 16.9 Å². The summed E-state index contributed by atoms with van der Waals surface area (Å²) in [5.74, 6) is -1.29. The molecule has 3 aromatic carbocycles.